The van der Waals surface area contributed by atoms with Crippen molar-refractivity contribution in [2.45, 2.75) is 77.8 Å². The van der Waals surface area contributed by atoms with Crippen LogP contribution in [-0.2, 0) is 9.47 Å². The molecule has 132 valence electrons. The molecule has 0 amide bonds. The fraction of sp³-hybridized carbons (Fsp3) is 0.684. The Hall–Kier alpha value is -1.64. The Morgan fingerprint density at radius 2 is 1.62 bits per heavy atom. The van der Waals surface area contributed by atoms with E-state index in [4.69, 9.17) is 14.2 Å². The lowest BCUT2D eigenvalue weighted by Gasteiger charge is -2.38. The monoisotopic (exact) mass is 332 g/mol. The first-order valence-electron chi connectivity index (χ1n) is 8.40. The second-order valence-electron chi connectivity index (χ2n) is 8.01. The third-order valence-electron chi connectivity index (χ3n) is 3.28. The molecule has 2 rings (SSSR count). The molecule has 1 aliphatic rings. The quantitative estimate of drug-likeness (QED) is 0.791. The number of aromatic nitrogens is 2. The van der Waals surface area contributed by atoms with E-state index in [0.29, 0.717) is 18.2 Å². The van der Waals surface area contributed by atoms with Crippen LogP contribution in [0.5, 0.6) is 5.75 Å². The van der Waals surface area contributed by atoms with E-state index in [9.17, 15) is 0 Å². The van der Waals surface area contributed by atoms with E-state index in [1.54, 1.807) is 12.4 Å². The standard InChI is InChI=1S/C19H28N2O3/c1-18(2,3)22-9-7-8-17-20-12-16(13-21-17)23-14-10-15(11-14)24-19(4,5)6/h12-15H,9-11H2,1-6H3. The van der Waals surface area contributed by atoms with Gasteiger partial charge in [-0.05, 0) is 47.5 Å². The SMILES string of the molecule is CC(C)(C)OCC#Cc1ncc(OC2CC(OC(C)(C)C)C2)cn1. The second kappa shape index (κ2) is 7.50. The Morgan fingerprint density at radius 3 is 2.17 bits per heavy atom. The first-order valence-corrected chi connectivity index (χ1v) is 8.40. The zero-order chi connectivity index (χ0) is 17.8. The van der Waals surface area contributed by atoms with E-state index in [-0.39, 0.29) is 23.4 Å². The molecule has 1 aliphatic carbocycles. The molecule has 1 fully saturated rings. The van der Waals surface area contributed by atoms with E-state index >= 15 is 0 Å². The summed E-state index contributed by atoms with van der Waals surface area (Å²) in [7, 11) is 0. The molecule has 5 heteroatoms. The fourth-order valence-corrected chi connectivity index (χ4v) is 2.21. The molecule has 0 atom stereocenters. The van der Waals surface area contributed by atoms with Crippen molar-refractivity contribution in [3.63, 3.8) is 0 Å². The summed E-state index contributed by atoms with van der Waals surface area (Å²) in [5, 5.41) is 0. The Morgan fingerprint density at radius 1 is 1.00 bits per heavy atom. The average molecular weight is 332 g/mol. The van der Waals surface area contributed by atoms with Gasteiger partial charge in [0.25, 0.3) is 0 Å². The Bertz CT molecular complexity index is 582. The number of hydrogen-bond acceptors (Lipinski definition) is 5. The predicted octanol–water partition coefficient (Wildman–Crippen LogP) is 3.37. The molecule has 0 aromatic carbocycles. The van der Waals surface area contributed by atoms with Crippen LogP contribution in [0.3, 0.4) is 0 Å². The maximum Gasteiger partial charge on any atom is 0.205 e. The predicted molar refractivity (Wildman–Crippen MR) is 92.9 cm³/mol. The minimum absolute atomic E-state index is 0.101. The van der Waals surface area contributed by atoms with E-state index in [1.807, 2.05) is 20.8 Å². The van der Waals surface area contributed by atoms with Crippen LogP contribution in [0.2, 0.25) is 0 Å². The fourth-order valence-electron chi connectivity index (χ4n) is 2.21. The summed E-state index contributed by atoms with van der Waals surface area (Å²) in [6, 6.07) is 0. The Labute approximate surface area is 145 Å². The van der Waals surface area contributed by atoms with E-state index in [1.165, 1.54) is 0 Å². The lowest BCUT2D eigenvalue weighted by molar-refractivity contribution is -0.126. The minimum atomic E-state index is -0.190. The highest BCUT2D eigenvalue weighted by Gasteiger charge is 2.34. The van der Waals surface area contributed by atoms with Crippen molar-refractivity contribution >= 4 is 0 Å². The second-order valence-corrected chi connectivity index (χ2v) is 8.01. The molecule has 0 N–H and O–H groups in total. The molecule has 24 heavy (non-hydrogen) atoms. The van der Waals surface area contributed by atoms with Gasteiger partial charge in [0.15, 0.2) is 5.75 Å². The number of nitrogens with zero attached hydrogens (tertiary/aromatic N) is 2. The summed E-state index contributed by atoms with van der Waals surface area (Å²) in [6.45, 7) is 12.6. The van der Waals surface area contributed by atoms with Gasteiger partial charge < -0.3 is 14.2 Å². The van der Waals surface area contributed by atoms with Crippen LogP contribution < -0.4 is 4.74 Å². The molecule has 5 nitrogen and oxygen atoms in total. The molecular formula is C19H28N2O3. The van der Waals surface area contributed by atoms with Gasteiger partial charge in [-0.15, -0.1) is 0 Å². The van der Waals surface area contributed by atoms with Gasteiger partial charge >= 0.3 is 0 Å². The van der Waals surface area contributed by atoms with Crippen LogP contribution in [0, 0.1) is 11.8 Å². The molecule has 1 saturated carbocycles. The number of rotatable bonds is 4. The van der Waals surface area contributed by atoms with Crippen LogP contribution in [0.4, 0.5) is 0 Å². The highest BCUT2D eigenvalue weighted by atomic mass is 16.5. The highest BCUT2D eigenvalue weighted by Crippen LogP contribution is 2.30. The first kappa shape index (κ1) is 18.7. The van der Waals surface area contributed by atoms with Crippen molar-refractivity contribution in [3.8, 4) is 17.6 Å². The Balaban J connectivity index is 1.74. The van der Waals surface area contributed by atoms with Crippen molar-refractivity contribution in [1.82, 2.24) is 9.97 Å². The molecule has 0 radical (unpaired) electrons. The van der Waals surface area contributed by atoms with Gasteiger partial charge in [-0.25, -0.2) is 9.97 Å². The Kier molecular flexibility index (Phi) is 5.84. The largest absolute Gasteiger partial charge is 0.487 e. The number of hydrogen-bond donors (Lipinski definition) is 0. The smallest absolute Gasteiger partial charge is 0.205 e. The summed E-state index contributed by atoms with van der Waals surface area (Å²) in [6.07, 6.45) is 5.60. The summed E-state index contributed by atoms with van der Waals surface area (Å²) in [4.78, 5) is 8.41. The topological polar surface area (TPSA) is 53.5 Å². The summed E-state index contributed by atoms with van der Waals surface area (Å²) in [5.41, 5.74) is -0.291. The van der Waals surface area contributed by atoms with Gasteiger partial charge in [0.2, 0.25) is 5.82 Å². The van der Waals surface area contributed by atoms with Gasteiger partial charge in [0.05, 0.1) is 29.7 Å². The first-order chi connectivity index (χ1) is 11.1. The van der Waals surface area contributed by atoms with Crippen LogP contribution in [0.25, 0.3) is 0 Å². The van der Waals surface area contributed by atoms with Gasteiger partial charge in [-0.3, -0.25) is 0 Å². The molecule has 0 bridgehead atoms. The van der Waals surface area contributed by atoms with Crippen molar-refractivity contribution in [2.75, 3.05) is 6.61 Å². The zero-order valence-electron chi connectivity index (χ0n) is 15.5. The van der Waals surface area contributed by atoms with Crippen LogP contribution >= 0.6 is 0 Å². The van der Waals surface area contributed by atoms with Gasteiger partial charge in [-0.1, -0.05) is 5.92 Å². The molecule has 0 spiro atoms. The number of ether oxygens (including phenoxy) is 3. The normalized spacial score (nSPS) is 20.8. The van der Waals surface area contributed by atoms with Gasteiger partial charge in [0.1, 0.15) is 12.7 Å². The molecular weight excluding hydrogens is 304 g/mol. The maximum atomic E-state index is 5.90. The van der Waals surface area contributed by atoms with Crippen LogP contribution in [-0.4, -0.2) is 40.0 Å². The van der Waals surface area contributed by atoms with E-state index in [2.05, 4.69) is 42.6 Å². The molecule has 0 aliphatic heterocycles. The molecule has 1 heterocycles. The molecule has 0 unspecified atom stereocenters. The van der Waals surface area contributed by atoms with Crippen LogP contribution in [0.15, 0.2) is 12.4 Å². The van der Waals surface area contributed by atoms with E-state index < -0.39 is 0 Å². The van der Waals surface area contributed by atoms with Crippen LogP contribution in [0.1, 0.15) is 60.2 Å². The van der Waals surface area contributed by atoms with Crippen molar-refractivity contribution < 1.29 is 14.2 Å². The van der Waals surface area contributed by atoms with Crippen molar-refractivity contribution in [1.29, 1.82) is 0 Å². The van der Waals surface area contributed by atoms with Gasteiger partial charge in [-0.2, -0.15) is 0 Å². The molecule has 1 aromatic rings. The third-order valence-corrected chi connectivity index (χ3v) is 3.28. The minimum Gasteiger partial charge on any atom is -0.487 e. The third kappa shape index (κ3) is 6.86. The van der Waals surface area contributed by atoms with Crippen molar-refractivity contribution in [3.05, 3.63) is 18.2 Å². The summed E-state index contributed by atoms with van der Waals surface area (Å²) < 4.78 is 17.3. The lowest BCUT2D eigenvalue weighted by Crippen LogP contribution is -2.43. The van der Waals surface area contributed by atoms with E-state index in [0.717, 1.165) is 12.8 Å². The average Bonchev–Trinajstić information content (AvgIpc) is 2.40. The molecule has 1 aromatic heterocycles. The summed E-state index contributed by atoms with van der Waals surface area (Å²) >= 11 is 0. The van der Waals surface area contributed by atoms with Gasteiger partial charge in [0, 0.05) is 12.8 Å². The zero-order valence-corrected chi connectivity index (χ0v) is 15.5. The summed E-state index contributed by atoms with van der Waals surface area (Å²) in [5.74, 6) is 6.95. The van der Waals surface area contributed by atoms with Crippen molar-refractivity contribution in [2.24, 2.45) is 0 Å². The molecule has 0 saturated heterocycles. The lowest BCUT2D eigenvalue weighted by atomic mass is 9.91. The highest BCUT2D eigenvalue weighted by molar-refractivity contribution is 5.23. The maximum absolute atomic E-state index is 5.90.